The number of rotatable bonds is 11. The van der Waals surface area contributed by atoms with E-state index in [4.69, 9.17) is 5.26 Å². The Morgan fingerprint density at radius 1 is 1.00 bits per heavy atom. The van der Waals surface area contributed by atoms with E-state index in [0.29, 0.717) is 5.82 Å². The Labute approximate surface area is 117 Å². The summed E-state index contributed by atoms with van der Waals surface area (Å²) in [4.78, 5) is 4.00. The molecule has 106 valence electrons. The predicted molar refractivity (Wildman–Crippen MR) is 78.8 cm³/mol. The van der Waals surface area contributed by atoms with E-state index in [0.717, 1.165) is 13.0 Å². The topological polar surface area (TPSA) is 41.6 Å². The van der Waals surface area contributed by atoms with E-state index in [1.54, 1.807) is 6.20 Å². The molecule has 0 unspecified atom stereocenters. The smallest absolute Gasteiger partial charge is 0.212 e. The van der Waals surface area contributed by atoms with Gasteiger partial charge < -0.3 is 4.57 Å². The van der Waals surface area contributed by atoms with Crippen molar-refractivity contribution in [3.63, 3.8) is 0 Å². The molecule has 1 aromatic heterocycles. The van der Waals surface area contributed by atoms with Gasteiger partial charge in [-0.25, -0.2) is 4.98 Å². The number of nitrogens with zero attached hydrogens (tertiary/aromatic N) is 3. The van der Waals surface area contributed by atoms with E-state index in [9.17, 15) is 0 Å². The summed E-state index contributed by atoms with van der Waals surface area (Å²) in [6, 6.07) is 2.11. The molecule has 19 heavy (non-hydrogen) atoms. The highest BCUT2D eigenvalue weighted by Crippen LogP contribution is 2.11. The van der Waals surface area contributed by atoms with Gasteiger partial charge in [-0.1, -0.05) is 64.7 Å². The predicted octanol–water partition coefficient (Wildman–Crippen LogP) is 4.68. The van der Waals surface area contributed by atoms with Crippen LogP contribution in [0.2, 0.25) is 0 Å². The standard InChI is InChI=1S/C16H27N3/c1-2-3-4-5-6-7-8-9-10-11-13-19-14-12-18-16(19)15-17/h12,14H,2-11,13H2,1H3. The molecular weight excluding hydrogens is 234 g/mol. The average Bonchev–Trinajstić information content (AvgIpc) is 2.88. The molecule has 1 aromatic rings. The van der Waals surface area contributed by atoms with Crippen LogP contribution in [0.15, 0.2) is 12.4 Å². The molecule has 0 aliphatic carbocycles. The molecular formula is C16H27N3. The first-order valence-corrected chi connectivity index (χ1v) is 7.79. The number of hydrogen-bond donors (Lipinski definition) is 0. The average molecular weight is 261 g/mol. The molecule has 3 nitrogen and oxygen atoms in total. The maximum absolute atomic E-state index is 8.84. The van der Waals surface area contributed by atoms with Gasteiger partial charge in [-0.3, -0.25) is 0 Å². The zero-order valence-electron chi connectivity index (χ0n) is 12.3. The summed E-state index contributed by atoms with van der Waals surface area (Å²) in [6.45, 7) is 3.19. The minimum atomic E-state index is 0.538. The van der Waals surface area contributed by atoms with Crippen molar-refractivity contribution in [3.8, 4) is 6.07 Å². The van der Waals surface area contributed by atoms with Crippen molar-refractivity contribution in [2.75, 3.05) is 0 Å². The zero-order chi connectivity index (χ0) is 13.8. The Balaban J connectivity index is 1.90. The SMILES string of the molecule is CCCCCCCCCCCCn1ccnc1C#N. The van der Waals surface area contributed by atoms with Crippen molar-refractivity contribution in [1.29, 1.82) is 5.26 Å². The third kappa shape index (κ3) is 7.00. The summed E-state index contributed by atoms with van der Waals surface area (Å²) < 4.78 is 1.95. The molecule has 0 saturated heterocycles. The molecule has 0 aromatic carbocycles. The third-order valence-corrected chi connectivity index (χ3v) is 3.57. The van der Waals surface area contributed by atoms with Crippen molar-refractivity contribution in [3.05, 3.63) is 18.2 Å². The fourth-order valence-corrected chi connectivity index (χ4v) is 2.37. The second kappa shape index (κ2) is 10.6. The summed E-state index contributed by atoms with van der Waals surface area (Å²) >= 11 is 0. The van der Waals surface area contributed by atoms with Gasteiger partial charge in [-0.2, -0.15) is 5.26 Å². The number of unbranched alkanes of at least 4 members (excludes halogenated alkanes) is 9. The van der Waals surface area contributed by atoms with Crippen LogP contribution in [0.1, 0.15) is 77.0 Å². The van der Waals surface area contributed by atoms with Crippen LogP contribution in [-0.4, -0.2) is 9.55 Å². The van der Waals surface area contributed by atoms with Gasteiger partial charge in [0, 0.05) is 18.9 Å². The van der Waals surface area contributed by atoms with Gasteiger partial charge in [0.05, 0.1) is 0 Å². The van der Waals surface area contributed by atoms with Gasteiger partial charge in [-0.05, 0) is 6.42 Å². The molecule has 0 N–H and O–H groups in total. The molecule has 0 atom stereocenters. The Morgan fingerprint density at radius 3 is 2.16 bits per heavy atom. The largest absolute Gasteiger partial charge is 0.323 e. The second-order valence-electron chi connectivity index (χ2n) is 5.24. The molecule has 0 saturated carbocycles. The first kappa shape index (κ1) is 15.8. The summed E-state index contributed by atoms with van der Waals surface area (Å²) in [5, 5.41) is 8.84. The Morgan fingerprint density at radius 2 is 1.58 bits per heavy atom. The number of aromatic nitrogens is 2. The van der Waals surface area contributed by atoms with Crippen molar-refractivity contribution in [2.24, 2.45) is 0 Å². The minimum Gasteiger partial charge on any atom is -0.323 e. The van der Waals surface area contributed by atoms with Gasteiger partial charge >= 0.3 is 0 Å². The maximum Gasteiger partial charge on any atom is 0.212 e. The van der Waals surface area contributed by atoms with Gasteiger partial charge in [-0.15, -0.1) is 0 Å². The lowest BCUT2D eigenvalue weighted by atomic mass is 10.1. The lowest BCUT2D eigenvalue weighted by molar-refractivity contribution is 0.533. The van der Waals surface area contributed by atoms with Crippen molar-refractivity contribution in [1.82, 2.24) is 9.55 Å². The zero-order valence-corrected chi connectivity index (χ0v) is 12.3. The summed E-state index contributed by atoms with van der Waals surface area (Å²) in [7, 11) is 0. The normalized spacial score (nSPS) is 10.5. The number of imidazole rings is 1. The lowest BCUT2D eigenvalue weighted by Crippen LogP contribution is -1.99. The molecule has 0 bridgehead atoms. The molecule has 0 radical (unpaired) electrons. The van der Waals surface area contributed by atoms with Crippen LogP contribution >= 0.6 is 0 Å². The van der Waals surface area contributed by atoms with Gasteiger partial charge in [0.2, 0.25) is 5.82 Å². The van der Waals surface area contributed by atoms with E-state index < -0.39 is 0 Å². The fraction of sp³-hybridized carbons (Fsp3) is 0.750. The number of aryl methyl sites for hydroxylation is 1. The minimum absolute atomic E-state index is 0.538. The third-order valence-electron chi connectivity index (χ3n) is 3.57. The molecule has 0 spiro atoms. The van der Waals surface area contributed by atoms with E-state index >= 15 is 0 Å². The van der Waals surface area contributed by atoms with Crippen molar-refractivity contribution in [2.45, 2.75) is 77.7 Å². The summed E-state index contributed by atoms with van der Waals surface area (Å²) in [5.41, 5.74) is 0. The van der Waals surface area contributed by atoms with E-state index in [1.165, 1.54) is 57.8 Å². The van der Waals surface area contributed by atoms with E-state index in [-0.39, 0.29) is 0 Å². The summed E-state index contributed by atoms with van der Waals surface area (Å²) in [5.74, 6) is 0.538. The molecule has 1 heterocycles. The van der Waals surface area contributed by atoms with Crippen molar-refractivity contribution < 1.29 is 0 Å². The van der Waals surface area contributed by atoms with Crippen LogP contribution in [0.3, 0.4) is 0 Å². The molecule has 3 heteroatoms. The number of hydrogen-bond acceptors (Lipinski definition) is 2. The fourth-order valence-electron chi connectivity index (χ4n) is 2.37. The maximum atomic E-state index is 8.84. The highest BCUT2D eigenvalue weighted by atomic mass is 15.1. The molecule has 1 rings (SSSR count). The first-order chi connectivity index (χ1) is 9.38. The van der Waals surface area contributed by atoms with Gasteiger partial charge in [0.1, 0.15) is 6.07 Å². The Hall–Kier alpha value is -1.30. The highest BCUT2D eigenvalue weighted by molar-refractivity contribution is 5.10. The highest BCUT2D eigenvalue weighted by Gasteiger charge is 1.99. The van der Waals surface area contributed by atoms with Gasteiger partial charge in [0.15, 0.2) is 0 Å². The Bertz CT molecular complexity index is 362. The summed E-state index contributed by atoms with van der Waals surface area (Å²) in [6.07, 6.45) is 17.0. The van der Waals surface area contributed by atoms with E-state index in [1.807, 2.05) is 10.8 Å². The van der Waals surface area contributed by atoms with E-state index in [2.05, 4.69) is 18.0 Å². The molecule has 0 aliphatic rings. The van der Waals surface area contributed by atoms with Gasteiger partial charge in [0.25, 0.3) is 0 Å². The molecule has 0 aliphatic heterocycles. The quantitative estimate of drug-likeness (QED) is 0.543. The van der Waals surface area contributed by atoms with Crippen LogP contribution in [0, 0.1) is 11.3 Å². The van der Waals surface area contributed by atoms with Crippen LogP contribution in [0.4, 0.5) is 0 Å². The molecule has 0 amide bonds. The van der Waals surface area contributed by atoms with Crippen LogP contribution in [0.25, 0.3) is 0 Å². The first-order valence-electron chi connectivity index (χ1n) is 7.79. The Kier molecular flexibility index (Phi) is 8.80. The van der Waals surface area contributed by atoms with Crippen molar-refractivity contribution >= 4 is 0 Å². The number of nitriles is 1. The second-order valence-corrected chi connectivity index (χ2v) is 5.24. The monoisotopic (exact) mass is 261 g/mol. The van der Waals surface area contributed by atoms with Crippen LogP contribution in [-0.2, 0) is 6.54 Å². The lowest BCUT2D eigenvalue weighted by Gasteiger charge is -2.04. The van der Waals surface area contributed by atoms with Crippen LogP contribution in [0.5, 0.6) is 0 Å². The van der Waals surface area contributed by atoms with Crippen LogP contribution < -0.4 is 0 Å². The molecule has 0 fully saturated rings.